The first kappa shape index (κ1) is 17.7. The zero-order valence-corrected chi connectivity index (χ0v) is 15.8. The lowest BCUT2D eigenvalue weighted by molar-refractivity contribution is 0.150. The Kier molecular flexibility index (Phi) is 5.09. The largest absolute Gasteiger partial charge is 0.443 e. The summed E-state index contributed by atoms with van der Waals surface area (Å²) in [5, 5.41) is 4.49. The maximum atomic E-state index is 13.2. The van der Waals surface area contributed by atoms with Crippen molar-refractivity contribution in [3.8, 4) is 0 Å². The molecule has 1 aliphatic carbocycles. The minimum Gasteiger partial charge on any atom is -0.443 e. The molecule has 1 aromatic carbocycles. The van der Waals surface area contributed by atoms with Crippen LogP contribution < -0.4 is 10.9 Å². The van der Waals surface area contributed by atoms with Gasteiger partial charge in [0.15, 0.2) is 5.16 Å². The molecular formula is C18H20ClN3O3S. The van der Waals surface area contributed by atoms with Gasteiger partial charge in [-0.25, -0.2) is 9.78 Å². The van der Waals surface area contributed by atoms with Crippen molar-refractivity contribution in [3.05, 3.63) is 33.6 Å². The standard InChI is InChI=1S/C18H20ClN3O3S/c19-11-6-7-14-15(8-11)21-17(26-10-13-9-20-18(24)25-13)22(16(14)23)12-4-2-1-3-5-12/h6-8,12-13H,1-5,9-10H2,(H,20,24)/t13-/m1/s1. The summed E-state index contributed by atoms with van der Waals surface area (Å²) in [6, 6.07) is 5.39. The second-order valence-electron chi connectivity index (χ2n) is 6.74. The lowest BCUT2D eigenvalue weighted by atomic mass is 9.95. The average Bonchev–Trinajstić information content (AvgIpc) is 3.06. The summed E-state index contributed by atoms with van der Waals surface area (Å²) in [6.07, 6.45) is 4.86. The van der Waals surface area contributed by atoms with Gasteiger partial charge >= 0.3 is 6.09 Å². The maximum Gasteiger partial charge on any atom is 0.407 e. The van der Waals surface area contributed by atoms with Gasteiger partial charge in [-0.05, 0) is 31.0 Å². The number of aromatic nitrogens is 2. The maximum absolute atomic E-state index is 13.2. The van der Waals surface area contributed by atoms with Gasteiger partial charge in [0.1, 0.15) is 6.10 Å². The van der Waals surface area contributed by atoms with Gasteiger partial charge in [0.2, 0.25) is 0 Å². The highest BCUT2D eigenvalue weighted by molar-refractivity contribution is 7.99. The Balaban J connectivity index is 1.72. The molecule has 1 saturated heterocycles. The number of thioether (sulfide) groups is 1. The van der Waals surface area contributed by atoms with E-state index >= 15 is 0 Å². The number of fused-ring (bicyclic) bond motifs is 1. The topological polar surface area (TPSA) is 73.2 Å². The molecule has 1 amide bonds. The summed E-state index contributed by atoms with van der Waals surface area (Å²) in [5.74, 6) is 0.559. The molecule has 0 bridgehead atoms. The Bertz CT molecular complexity index is 895. The molecule has 1 saturated carbocycles. The van der Waals surface area contributed by atoms with E-state index in [-0.39, 0.29) is 17.7 Å². The van der Waals surface area contributed by atoms with Crippen LogP contribution >= 0.6 is 23.4 Å². The van der Waals surface area contributed by atoms with Gasteiger partial charge in [-0.3, -0.25) is 9.36 Å². The van der Waals surface area contributed by atoms with Crippen LogP contribution in [-0.2, 0) is 4.74 Å². The molecule has 2 heterocycles. The highest BCUT2D eigenvalue weighted by Gasteiger charge is 2.26. The van der Waals surface area contributed by atoms with Crippen LogP contribution in [0.5, 0.6) is 0 Å². The van der Waals surface area contributed by atoms with Crippen molar-refractivity contribution in [2.24, 2.45) is 0 Å². The number of carbonyl (C=O) groups is 1. The normalized spacial score (nSPS) is 21.0. The minimum absolute atomic E-state index is 0.0115. The van der Waals surface area contributed by atoms with E-state index in [1.54, 1.807) is 18.2 Å². The third-order valence-electron chi connectivity index (χ3n) is 4.92. The lowest BCUT2D eigenvalue weighted by Crippen LogP contribution is -2.29. The number of hydrogen-bond donors (Lipinski definition) is 1. The van der Waals surface area contributed by atoms with Crippen LogP contribution in [0, 0.1) is 0 Å². The van der Waals surface area contributed by atoms with Crippen LogP contribution in [0.25, 0.3) is 10.9 Å². The molecule has 26 heavy (non-hydrogen) atoms. The molecule has 2 aromatic rings. The number of alkyl carbamates (subject to hydrolysis) is 1. The van der Waals surface area contributed by atoms with Gasteiger partial charge in [-0.2, -0.15) is 0 Å². The molecule has 8 heteroatoms. The molecule has 138 valence electrons. The fraction of sp³-hybridized carbons (Fsp3) is 0.500. The number of nitrogens with zero attached hydrogens (tertiary/aromatic N) is 2. The van der Waals surface area contributed by atoms with E-state index in [1.807, 2.05) is 4.57 Å². The highest BCUT2D eigenvalue weighted by atomic mass is 35.5. The Hall–Kier alpha value is -1.73. The minimum atomic E-state index is -0.390. The van der Waals surface area contributed by atoms with Gasteiger partial charge < -0.3 is 10.1 Å². The zero-order valence-electron chi connectivity index (χ0n) is 14.2. The van der Waals surface area contributed by atoms with E-state index in [2.05, 4.69) is 5.32 Å². The summed E-state index contributed by atoms with van der Waals surface area (Å²) < 4.78 is 7.05. The van der Waals surface area contributed by atoms with Crippen molar-refractivity contribution in [2.75, 3.05) is 12.3 Å². The zero-order chi connectivity index (χ0) is 18.1. The number of nitrogens with one attached hydrogen (secondary N) is 1. The number of benzene rings is 1. The second kappa shape index (κ2) is 7.48. The Morgan fingerprint density at radius 1 is 1.27 bits per heavy atom. The quantitative estimate of drug-likeness (QED) is 0.632. The monoisotopic (exact) mass is 393 g/mol. The predicted molar refractivity (Wildman–Crippen MR) is 102 cm³/mol. The third-order valence-corrected chi connectivity index (χ3v) is 6.24. The average molecular weight is 394 g/mol. The summed E-state index contributed by atoms with van der Waals surface area (Å²) in [7, 11) is 0. The smallest absolute Gasteiger partial charge is 0.407 e. The van der Waals surface area contributed by atoms with Gasteiger partial charge in [-0.15, -0.1) is 0 Å². The van der Waals surface area contributed by atoms with Crippen molar-refractivity contribution in [3.63, 3.8) is 0 Å². The van der Waals surface area contributed by atoms with Crippen molar-refractivity contribution < 1.29 is 9.53 Å². The lowest BCUT2D eigenvalue weighted by Gasteiger charge is -2.26. The van der Waals surface area contributed by atoms with E-state index in [9.17, 15) is 9.59 Å². The van der Waals surface area contributed by atoms with Crippen LogP contribution in [0.1, 0.15) is 38.1 Å². The fourth-order valence-electron chi connectivity index (χ4n) is 3.61. The molecular weight excluding hydrogens is 374 g/mol. The number of carbonyl (C=O) groups excluding carboxylic acids is 1. The van der Waals surface area contributed by atoms with Crippen molar-refractivity contribution in [1.82, 2.24) is 14.9 Å². The molecule has 1 aromatic heterocycles. The van der Waals surface area contributed by atoms with E-state index in [0.717, 1.165) is 25.7 Å². The number of halogens is 1. The van der Waals surface area contributed by atoms with Crippen LogP contribution in [0.3, 0.4) is 0 Å². The van der Waals surface area contributed by atoms with E-state index in [0.29, 0.717) is 33.4 Å². The number of hydrogen-bond acceptors (Lipinski definition) is 5. The molecule has 1 atom stereocenters. The van der Waals surface area contributed by atoms with Crippen molar-refractivity contribution in [2.45, 2.75) is 49.4 Å². The number of ether oxygens (including phenoxy) is 1. The molecule has 1 aliphatic heterocycles. The van der Waals surface area contributed by atoms with Crippen LogP contribution in [-0.4, -0.2) is 34.0 Å². The number of cyclic esters (lactones) is 1. The molecule has 0 unspecified atom stereocenters. The molecule has 4 rings (SSSR count). The van der Waals surface area contributed by atoms with Crippen LogP contribution in [0.2, 0.25) is 5.02 Å². The number of rotatable bonds is 4. The molecule has 2 fully saturated rings. The first-order valence-electron chi connectivity index (χ1n) is 8.91. The second-order valence-corrected chi connectivity index (χ2v) is 8.17. The van der Waals surface area contributed by atoms with Gasteiger partial charge in [0, 0.05) is 16.8 Å². The third kappa shape index (κ3) is 3.55. The van der Waals surface area contributed by atoms with E-state index in [4.69, 9.17) is 21.3 Å². The molecule has 0 spiro atoms. The Morgan fingerprint density at radius 2 is 2.08 bits per heavy atom. The summed E-state index contributed by atoms with van der Waals surface area (Å²) in [6.45, 7) is 0.485. The molecule has 2 aliphatic rings. The summed E-state index contributed by atoms with van der Waals surface area (Å²) in [4.78, 5) is 29.1. The fourth-order valence-corrected chi connectivity index (χ4v) is 4.83. The Morgan fingerprint density at radius 3 is 2.81 bits per heavy atom. The first-order chi connectivity index (χ1) is 12.6. The Labute approximate surface area is 160 Å². The van der Waals surface area contributed by atoms with E-state index in [1.165, 1.54) is 18.2 Å². The van der Waals surface area contributed by atoms with Gasteiger partial charge in [0.05, 0.1) is 17.4 Å². The molecule has 0 radical (unpaired) electrons. The van der Waals surface area contributed by atoms with Gasteiger partial charge in [0.25, 0.3) is 5.56 Å². The van der Waals surface area contributed by atoms with Crippen LogP contribution in [0.15, 0.2) is 28.2 Å². The number of amides is 1. The van der Waals surface area contributed by atoms with Crippen molar-refractivity contribution >= 4 is 40.4 Å². The SMILES string of the molecule is O=C1NC[C@H](CSc2nc3cc(Cl)ccc3c(=O)n2C2CCCCC2)O1. The molecule has 1 N–H and O–H groups in total. The summed E-state index contributed by atoms with van der Waals surface area (Å²) in [5.41, 5.74) is 0.598. The van der Waals surface area contributed by atoms with Crippen LogP contribution in [0.4, 0.5) is 4.79 Å². The van der Waals surface area contributed by atoms with E-state index < -0.39 is 6.09 Å². The highest BCUT2D eigenvalue weighted by Crippen LogP contribution is 2.31. The van der Waals surface area contributed by atoms with Gasteiger partial charge in [-0.1, -0.05) is 42.6 Å². The summed E-state index contributed by atoms with van der Waals surface area (Å²) >= 11 is 7.55. The predicted octanol–water partition coefficient (Wildman–Crippen LogP) is 3.76. The van der Waals surface area contributed by atoms with Crippen molar-refractivity contribution in [1.29, 1.82) is 0 Å². The first-order valence-corrected chi connectivity index (χ1v) is 10.3. The molecule has 6 nitrogen and oxygen atoms in total.